The fourth-order valence-electron chi connectivity index (χ4n) is 2.32. The minimum Gasteiger partial charge on any atom is -0.422 e. The van der Waals surface area contributed by atoms with Gasteiger partial charge in [-0.15, -0.1) is 0 Å². The van der Waals surface area contributed by atoms with E-state index in [0.717, 1.165) is 18.9 Å². The second-order valence-corrected chi connectivity index (χ2v) is 6.60. The van der Waals surface area contributed by atoms with Crippen LogP contribution in [0.15, 0.2) is 12.1 Å². The van der Waals surface area contributed by atoms with Gasteiger partial charge in [0.25, 0.3) is 0 Å². The average molecular weight is 347 g/mol. The number of hydrogen-bond acceptors (Lipinski definition) is 2. The van der Waals surface area contributed by atoms with E-state index in [1.54, 1.807) is 0 Å². The van der Waals surface area contributed by atoms with Crippen molar-refractivity contribution in [2.24, 2.45) is 0 Å². The molecule has 0 heterocycles. The summed E-state index contributed by atoms with van der Waals surface area (Å²) < 4.78 is 49.1. The van der Waals surface area contributed by atoms with Crippen LogP contribution in [0.3, 0.4) is 0 Å². The molecule has 0 aliphatic heterocycles. The van der Waals surface area contributed by atoms with Crippen LogP contribution in [0.1, 0.15) is 52.5 Å². The molecule has 0 N–H and O–H groups in total. The molecular formula is C17H26F3O2Si. The quantitative estimate of drug-likeness (QED) is 0.403. The lowest BCUT2D eigenvalue weighted by Crippen LogP contribution is -2.27. The maximum absolute atomic E-state index is 13.4. The minimum absolute atomic E-state index is 0.161. The number of benzene rings is 1. The molecule has 0 aliphatic carbocycles. The van der Waals surface area contributed by atoms with Gasteiger partial charge in [0, 0.05) is 13.2 Å². The number of hydrogen-bond donors (Lipinski definition) is 0. The highest BCUT2D eigenvalue weighted by molar-refractivity contribution is 5.97. The van der Waals surface area contributed by atoms with Gasteiger partial charge in [0.15, 0.2) is 11.6 Å². The fourth-order valence-corrected chi connectivity index (χ4v) is 2.32. The van der Waals surface area contributed by atoms with Crippen molar-refractivity contribution in [3.8, 4) is 0 Å². The molecule has 0 atom stereocenters. The van der Waals surface area contributed by atoms with Crippen molar-refractivity contribution in [1.29, 1.82) is 0 Å². The van der Waals surface area contributed by atoms with Gasteiger partial charge in [-0.3, -0.25) is 0 Å². The second kappa shape index (κ2) is 10.8. The summed E-state index contributed by atoms with van der Waals surface area (Å²) in [5.41, 5.74) is 0.00676. The molecule has 131 valence electrons. The number of unbranched alkanes of at least 4 members (excludes halogenated alkanes) is 1. The van der Waals surface area contributed by atoms with Gasteiger partial charge in [0.05, 0.1) is 11.7 Å². The maximum Gasteiger partial charge on any atom is 0.245 e. The van der Waals surface area contributed by atoms with Gasteiger partial charge in [-0.2, -0.15) is 0 Å². The van der Waals surface area contributed by atoms with Crippen molar-refractivity contribution in [1.82, 2.24) is 0 Å². The first-order valence-electron chi connectivity index (χ1n) is 7.64. The van der Waals surface area contributed by atoms with Gasteiger partial charge in [-0.1, -0.05) is 6.42 Å². The predicted octanol–water partition coefficient (Wildman–Crippen LogP) is 4.74. The van der Waals surface area contributed by atoms with E-state index in [-0.39, 0.29) is 17.3 Å². The van der Waals surface area contributed by atoms with E-state index in [0.29, 0.717) is 18.9 Å². The third kappa shape index (κ3) is 9.79. The summed E-state index contributed by atoms with van der Waals surface area (Å²) >= 11 is 0. The van der Waals surface area contributed by atoms with Crippen molar-refractivity contribution >= 4 is 10.5 Å². The molecule has 2 nitrogen and oxygen atoms in total. The van der Waals surface area contributed by atoms with Gasteiger partial charge in [-0.25, -0.2) is 13.2 Å². The summed E-state index contributed by atoms with van der Waals surface area (Å²) in [7, 11) is 4.22. The summed E-state index contributed by atoms with van der Waals surface area (Å²) in [6, 6.07) is 1.55. The Labute approximate surface area is 140 Å². The molecular weight excluding hydrogens is 321 g/mol. The van der Waals surface area contributed by atoms with Crippen LogP contribution < -0.4 is 0 Å². The highest BCUT2D eigenvalue weighted by Crippen LogP contribution is 2.22. The Bertz CT molecular complexity index is 465. The molecule has 0 saturated heterocycles. The first-order valence-corrected chi connectivity index (χ1v) is 8.04. The number of aryl methyl sites for hydroxylation is 1. The van der Waals surface area contributed by atoms with E-state index in [1.807, 2.05) is 27.7 Å². The molecule has 0 aromatic heterocycles. The highest BCUT2D eigenvalue weighted by Gasteiger charge is 2.19. The molecule has 23 heavy (non-hydrogen) atoms. The van der Waals surface area contributed by atoms with Gasteiger partial charge < -0.3 is 9.16 Å². The molecule has 3 radical (unpaired) electrons. The zero-order valence-corrected chi connectivity index (χ0v) is 15.5. The van der Waals surface area contributed by atoms with Crippen molar-refractivity contribution in [2.75, 3.05) is 7.11 Å². The van der Waals surface area contributed by atoms with E-state index in [2.05, 4.69) is 14.9 Å². The molecule has 1 aromatic carbocycles. The van der Waals surface area contributed by atoms with Crippen molar-refractivity contribution in [3.63, 3.8) is 0 Å². The van der Waals surface area contributed by atoms with Gasteiger partial charge in [0.1, 0.15) is 5.82 Å². The Morgan fingerprint density at radius 3 is 2.09 bits per heavy atom. The third-order valence-electron chi connectivity index (χ3n) is 3.12. The van der Waals surface area contributed by atoms with Crippen molar-refractivity contribution < 1.29 is 22.3 Å². The van der Waals surface area contributed by atoms with Crippen LogP contribution in [0.4, 0.5) is 13.2 Å². The topological polar surface area (TPSA) is 18.5 Å². The first kappa shape index (κ1) is 22.1. The molecule has 1 rings (SSSR count). The smallest absolute Gasteiger partial charge is 0.245 e. The monoisotopic (exact) mass is 347 g/mol. The van der Waals surface area contributed by atoms with Gasteiger partial charge in [-0.05, 0) is 58.6 Å². The van der Waals surface area contributed by atoms with Crippen LogP contribution in [0, 0.1) is 17.5 Å². The van der Waals surface area contributed by atoms with E-state index in [4.69, 9.17) is 4.74 Å². The largest absolute Gasteiger partial charge is 0.422 e. The molecule has 0 fully saturated rings. The fraction of sp³-hybridized carbons (Fsp3) is 0.647. The van der Waals surface area contributed by atoms with E-state index < -0.39 is 17.5 Å². The molecule has 0 saturated carbocycles. The third-order valence-corrected chi connectivity index (χ3v) is 3.12. The second-order valence-electron chi connectivity index (χ2n) is 6.20. The minimum atomic E-state index is -1.14. The summed E-state index contributed by atoms with van der Waals surface area (Å²) in [6.45, 7) is 8.01. The Kier molecular flexibility index (Phi) is 10.4. The normalized spacial score (nSPS) is 11.4. The lowest BCUT2D eigenvalue weighted by atomic mass is 9.98. The SMILES string of the molecule is CC(C)OC(C)(C)CCCCc1cc(F)c(F)cc1F.CO[Si]. The van der Waals surface area contributed by atoms with Crippen LogP contribution >= 0.6 is 0 Å². The zero-order valence-electron chi connectivity index (χ0n) is 14.5. The molecule has 0 bridgehead atoms. The summed E-state index contributed by atoms with van der Waals surface area (Å²) in [5, 5.41) is 0. The van der Waals surface area contributed by atoms with Crippen LogP contribution in [-0.4, -0.2) is 29.3 Å². The Hall–Kier alpha value is -0.853. The summed E-state index contributed by atoms with van der Waals surface area (Å²) in [6.07, 6.45) is 2.97. The lowest BCUT2D eigenvalue weighted by Gasteiger charge is -2.27. The van der Waals surface area contributed by atoms with Crippen LogP contribution in [-0.2, 0) is 15.6 Å². The number of rotatable bonds is 7. The summed E-state index contributed by atoms with van der Waals surface area (Å²) in [5.74, 6) is -2.82. The van der Waals surface area contributed by atoms with Crippen LogP contribution in [0.25, 0.3) is 0 Å². The Balaban J connectivity index is 0.00000149. The Morgan fingerprint density at radius 1 is 1.04 bits per heavy atom. The number of ether oxygens (including phenoxy) is 1. The zero-order chi connectivity index (χ0) is 18.0. The molecule has 1 aromatic rings. The summed E-state index contributed by atoms with van der Waals surface area (Å²) in [4.78, 5) is 0. The average Bonchev–Trinajstić information content (AvgIpc) is 2.39. The highest BCUT2D eigenvalue weighted by atomic mass is 28.2. The van der Waals surface area contributed by atoms with E-state index in [1.165, 1.54) is 7.11 Å². The van der Waals surface area contributed by atoms with E-state index >= 15 is 0 Å². The molecule has 0 aliphatic rings. The standard InChI is InChI=1S/C16H23F3O.CH3OSi/c1-11(2)20-16(3,4)8-6-5-7-12-9-14(18)15(19)10-13(12)17;1-2-3/h9-11H,5-8H2,1-4H3;1H3. The molecule has 6 heteroatoms. The molecule has 0 spiro atoms. The maximum atomic E-state index is 13.4. The van der Waals surface area contributed by atoms with Crippen molar-refractivity contribution in [2.45, 2.75) is 65.1 Å². The predicted molar refractivity (Wildman–Crippen MR) is 86.9 cm³/mol. The molecule has 0 amide bonds. The van der Waals surface area contributed by atoms with Crippen molar-refractivity contribution in [3.05, 3.63) is 35.1 Å². The Morgan fingerprint density at radius 2 is 1.57 bits per heavy atom. The first-order chi connectivity index (χ1) is 10.6. The van der Waals surface area contributed by atoms with E-state index in [9.17, 15) is 13.2 Å². The van der Waals surface area contributed by atoms with Gasteiger partial charge >= 0.3 is 0 Å². The van der Waals surface area contributed by atoms with Crippen LogP contribution in [0.2, 0.25) is 0 Å². The number of halogens is 3. The molecule has 0 unspecified atom stereocenters. The van der Waals surface area contributed by atoms with Gasteiger partial charge in [0.2, 0.25) is 10.5 Å². The van der Waals surface area contributed by atoms with Crippen LogP contribution in [0.5, 0.6) is 0 Å². The lowest BCUT2D eigenvalue weighted by molar-refractivity contribution is -0.0614.